The fourth-order valence-electron chi connectivity index (χ4n) is 1.14. The highest BCUT2D eigenvalue weighted by Gasteiger charge is 2.09. The highest BCUT2D eigenvalue weighted by molar-refractivity contribution is 5.89. The summed E-state index contributed by atoms with van der Waals surface area (Å²) in [4.78, 5) is 11.4. The number of urea groups is 1. The van der Waals surface area contributed by atoms with Gasteiger partial charge in [0.05, 0.1) is 19.3 Å². The largest absolute Gasteiger partial charge is 0.394 e. The second kappa shape index (κ2) is 6.09. The molecule has 0 unspecified atom stereocenters. The summed E-state index contributed by atoms with van der Waals surface area (Å²) in [5.74, 6) is 0. The number of carbonyl (C=O) groups is 1. The zero-order valence-electron chi connectivity index (χ0n) is 9.10. The Labute approximate surface area is 94.1 Å². The molecular weight excluding hydrogens is 208 g/mol. The third kappa shape index (κ3) is 3.88. The van der Waals surface area contributed by atoms with Gasteiger partial charge in [0.2, 0.25) is 0 Å². The minimum absolute atomic E-state index is 0.294. The molecule has 16 heavy (non-hydrogen) atoms. The molecule has 0 atom stereocenters. The quantitative estimate of drug-likeness (QED) is 0.600. The maximum atomic E-state index is 11.4. The first-order chi connectivity index (χ1) is 7.65. The first-order valence-corrected chi connectivity index (χ1v) is 5.01. The zero-order valence-corrected chi connectivity index (χ0v) is 9.10. The standard InChI is InChI=1S/C11H16N2O3/c1-8-2-4-9(5-3-8)12-11(16)13-10(6-14)7-15/h2-5,10,14-15H,6-7H2,1H3,(H2,12,13,16). The van der Waals surface area contributed by atoms with Crippen molar-refractivity contribution < 1.29 is 15.0 Å². The van der Waals surface area contributed by atoms with E-state index in [0.29, 0.717) is 5.69 Å². The summed E-state index contributed by atoms with van der Waals surface area (Å²) < 4.78 is 0. The van der Waals surface area contributed by atoms with Crippen molar-refractivity contribution in [3.63, 3.8) is 0 Å². The van der Waals surface area contributed by atoms with Crippen LogP contribution in [0.3, 0.4) is 0 Å². The van der Waals surface area contributed by atoms with E-state index in [0.717, 1.165) is 5.56 Å². The topological polar surface area (TPSA) is 81.6 Å². The summed E-state index contributed by atoms with van der Waals surface area (Å²) in [6.07, 6.45) is 0. The molecule has 5 heteroatoms. The van der Waals surface area contributed by atoms with E-state index in [1.807, 2.05) is 19.1 Å². The van der Waals surface area contributed by atoms with Crippen LogP contribution in [0.25, 0.3) is 0 Å². The van der Waals surface area contributed by atoms with Crippen LogP contribution < -0.4 is 10.6 Å². The number of anilines is 1. The number of nitrogens with one attached hydrogen (secondary N) is 2. The van der Waals surface area contributed by atoms with Crippen molar-refractivity contribution in [1.29, 1.82) is 0 Å². The molecule has 1 rings (SSSR count). The van der Waals surface area contributed by atoms with E-state index >= 15 is 0 Å². The number of carbonyl (C=O) groups excluding carboxylic acids is 1. The Morgan fingerprint density at radius 3 is 2.31 bits per heavy atom. The Balaban J connectivity index is 2.48. The number of benzene rings is 1. The lowest BCUT2D eigenvalue weighted by Gasteiger charge is -2.14. The predicted octanol–water partition coefficient (Wildman–Crippen LogP) is 0.470. The van der Waals surface area contributed by atoms with E-state index < -0.39 is 12.1 Å². The Hall–Kier alpha value is -1.59. The van der Waals surface area contributed by atoms with Crippen LogP contribution in [0, 0.1) is 6.92 Å². The Kier molecular flexibility index (Phi) is 4.75. The van der Waals surface area contributed by atoms with E-state index in [1.54, 1.807) is 12.1 Å². The highest BCUT2D eigenvalue weighted by atomic mass is 16.3. The SMILES string of the molecule is Cc1ccc(NC(=O)NC(CO)CO)cc1. The fourth-order valence-corrected chi connectivity index (χ4v) is 1.14. The second-order valence-electron chi connectivity index (χ2n) is 3.53. The van der Waals surface area contributed by atoms with Gasteiger partial charge in [0, 0.05) is 5.69 Å². The van der Waals surface area contributed by atoms with Crippen molar-refractivity contribution >= 4 is 11.7 Å². The Bertz CT molecular complexity index is 334. The normalized spacial score (nSPS) is 10.2. The van der Waals surface area contributed by atoms with Crippen LogP contribution in [0.15, 0.2) is 24.3 Å². The molecule has 4 N–H and O–H groups in total. The Morgan fingerprint density at radius 2 is 1.81 bits per heavy atom. The molecule has 1 aromatic rings. The molecule has 88 valence electrons. The average Bonchev–Trinajstić information content (AvgIpc) is 2.29. The number of hydrogen-bond acceptors (Lipinski definition) is 3. The van der Waals surface area contributed by atoms with E-state index in [4.69, 9.17) is 10.2 Å². The number of rotatable bonds is 4. The van der Waals surface area contributed by atoms with Gasteiger partial charge >= 0.3 is 6.03 Å². The fraction of sp³-hybridized carbons (Fsp3) is 0.364. The van der Waals surface area contributed by atoms with Gasteiger partial charge in [-0.2, -0.15) is 0 Å². The molecule has 0 aliphatic carbocycles. The van der Waals surface area contributed by atoms with Gasteiger partial charge in [0.25, 0.3) is 0 Å². The maximum Gasteiger partial charge on any atom is 0.319 e. The molecule has 0 spiro atoms. The summed E-state index contributed by atoms with van der Waals surface area (Å²) in [5, 5.41) is 22.6. The molecule has 0 saturated carbocycles. The van der Waals surface area contributed by atoms with Gasteiger partial charge in [-0.05, 0) is 19.1 Å². The monoisotopic (exact) mass is 224 g/mol. The van der Waals surface area contributed by atoms with Gasteiger partial charge in [0.1, 0.15) is 0 Å². The summed E-state index contributed by atoms with van der Waals surface area (Å²) in [7, 11) is 0. The minimum Gasteiger partial charge on any atom is -0.394 e. The third-order valence-electron chi connectivity index (χ3n) is 2.09. The molecule has 1 aromatic carbocycles. The number of hydrogen-bond donors (Lipinski definition) is 4. The first kappa shape index (κ1) is 12.5. The molecule has 0 heterocycles. The molecule has 2 amide bonds. The van der Waals surface area contributed by atoms with E-state index in [1.165, 1.54) is 0 Å². The van der Waals surface area contributed by atoms with E-state index in [2.05, 4.69) is 10.6 Å². The lowest BCUT2D eigenvalue weighted by molar-refractivity contribution is 0.172. The zero-order chi connectivity index (χ0) is 12.0. The van der Waals surface area contributed by atoms with Gasteiger partial charge in [-0.3, -0.25) is 0 Å². The highest BCUT2D eigenvalue weighted by Crippen LogP contribution is 2.08. The molecule has 0 fully saturated rings. The lowest BCUT2D eigenvalue weighted by atomic mass is 10.2. The molecule has 0 aliphatic heterocycles. The first-order valence-electron chi connectivity index (χ1n) is 5.01. The summed E-state index contributed by atoms with van der Waals surface area (Å²) in [5.41, 5.74) is 1.77. The van der Waals surface area contributed by atoms with Gasteiger partial charge in [-0.1, -0.05) is 17.7 Å². The number of amides is 2. The number of aliphatic hydroxyl groups is 2. The molecule has 0 aliphatic rings. The van der Waals surface area contributed by atoms with Crippen molar-refractivity contribution in [2.45, 2.75) is 13.0 Å². The number of aryl methyl sites for hydroxylation is 1. The van der Waals surface area contributed by atoms with Crippen molar-refractivity contribution in [3.05, 3.63) is 29.8 Å². The molecule has 0 saturated heterocycles. The molecular formula is C11H16N2O3. The molecule has 0 aromatic heterocycles. The third-order valence-corrected chi connectivity index (χ3v) is 2.09. The van der Waals surface area contributed by atoms with Gasteiger partial charge < -0.3 is 20.8 Å². The van der Waals surface area contributed by atoms with Crippen LogP contribution in [-0.2, 0) is 0 Å². The van der Waals surface area contributed by atoms with Crippen LogP contribution >= 0.6 is 0 Å². The Morgan fingerprint density at radius 1 is 1.25 bits per heavy atom. The van der Waals surface area contributed by atoms with Crippen molar-refractivity contribution in [2.75, 3.05) is 18.5 Å². The van der Waals surface area contributed by atoms with Crippen LogP contribution in [0.4, 0.5) is 10.5 Å². The van der Waals surface area contributed by atoms with Gasteiger partial charge in [-0.15, -0.1) is 0 Å². The van der Waals surface area contributed by atoms with Crippen LogP contribution in [0.5, 0.6) is 0 Å². The van der Waals surface area contributed by atoms with Crippen LogP contribution in [0.2, 0.25) is 0 Å². The molecule has 0 radical (unpaired) electrons. The average molecular weight is 224 g/mol. The van der Waals surface area contributed by atoms with Crippen molar-refractivity contribution in [1.82, 2.24) is 5.32 Å². The van der Waals surface area contributed by atoms with Crippen LogP contribution in [0.1, 0.15) is 5.56 Å². The number of aliphatic hydroxyl groups excluding tert-OH is 2. The summed E-state index contributed by atoms with van der Waals surface area (Å²) >= 11 is 0. The van der Waals surface area contributed by atoms with E-state index in [9.17, 15) is 4.79 Å². The molecule has 0 bridgehead atoms. The smallest absolute Gasteiger partial charge is 0.319 e. The van der Waals surface area contributed by atoms with Crippen molar-refractivity contribution in [3.8, 4) is 0 Å². The summed E-state index contributed by atoms with van der Waals surface area (Å²) in [6, 6.07) is 6.24. The minimum atomic E-state index is -0.634. The van der Waals surface area contributed by atoms with Gasteiger partial charge in [0.15, 0.2) is 0 Å². The maximum absolute atomic E-state index is 11.4. The van der Waals surface area contributed by atoms with Gasteiger partial charge in [-0.25, -0.2) is 4.79 Å². The lowest BCUT2D eigenvalue weighted by Crippen LogP contribution is -2.42. The second-order valence-corrected chi connectivity index (χ2v) is 3.53. The summed E-state index contributed by atoms with van der Waals surface area (Å²) in [6.45, 7) is 1.37. The van der Waals surface area contributed by atoms with Crippen LogP contribution in [-0.4, -0.2) is 35.5 Å². The van der Waals surface area contributed by atoms with Crippen molar-refractivity contribution in [2.24, 2.45) is 0 Å². The molecule has 5 nitrogen and oxygen atoms in total. The predicted molar refractivity (Wildman–Crippen MR) is 61.3 cm³/mol. The van der Waals surface area contributed by atoms with E-state index in [-0.39, 0.29) is 13.2 Å².